The van der Waals surface area contributed by atoms with Crippen LogP contribution in [-0.4, -0.2) is 43.9 Å². The highest BCUT2D eigenvalue weighted by Crippen LogP contribution is 2.37. The highest BCUT2D eigenvalue weighted by Gasteiger charge is 2.21. The maximum atomic E-state index is 11.6. The van der Waals surface area contributed by atoms with Crippen molar-refractivity contribution in [3.63, 3.8) is 0 Å². The van der Waals surface area contributed by atoms with Crippen molar-refractivity contribution >= 4 is 29.5 Å². The lowest BCUT2D eigenvalue weighted by Crippen LogP contribution is -2.23. The largest absolute Gasteiger partial charge is 0.497 e. The topological polar surface area (TPSA) is 54.0 Å². The molecule has 0 aliphatic carbocycles. The molecule has 0 bridgehead atoms. The van der Waals surface area contributed by atoms with Gasteiger partial charge in [0, 0.05) is 34.7 Å². The Hall–Kier alpha value is -1.93. The number of rotatable bonds is 12. The molecule has 1 aliphatic rings. The van der Waals surface area contributed by atoms with Crippen LogP contribution in [0.25, 0.3) is 0 Å². The molecule has 0 spiro atoms. The summed E-state index contributed by atoms with van der Waals surface area (Å²) in [5, 5.41) is 0. The molecule has 1 heterocycles. The van der Waals surface area contributed by atoms with Crippen molar-refractivity contribution in [3.05, 3.63) is 75.5 Å². The van der Waals surface area contributed by atoms with Gasteiger partial charge in [-0.15, -0.1) is 23.5 Å². The van der Waals surface area contributed by atoms with Gasteiger partial charge in [0.1, 0.15) is 11.9 Å². The van der Waals surface area contributed by atoms with Crippen molar-refractivity contribution in [3.8, 4) is 5.75 Å². The summed E-state index contributed by atoms with van der Waals surface area (Å²) < 4.78 is 22.6. The summed E-state index contributed by atoms with van der Waals surface area (Å²) in [6.45, 7) is 3.40. The Labute approximate surface area is 198 Å². The molecule has 1 atom stereocenters. The Morgan fingerprint density at radius 3 is 2.22 bits per heavy atom. The van der Waals surface area contributed by atoms with Gasteiger partial charge in [-0.1, -0.05) is 42.5 Å². The van der Waals surface area contributed by atoms with Gasteiger partial charge in [0.2, 0.25) is 0 Å². The first-order valence-electron chi connectivity index (χ1n) is 10.6. The molecule has 0 saturated carbocycles. The van der Waals surface area contributed by atoms with Crippen LogP contribution in [0.15, 0.2) is 64.4 Å². The number of benzene rings is 2. The fourth-order valence-corrected chi connectivity index (χ4v) is 5.68. The summed E-state index contributed by atoms with van der Waals surface area (Å²) in [5.74, 6) is 2.64. The predicted molar refractivity (Wildman–Crippen MR) is 131 cm³/mol. The van der Waals surface area contributed by atoms with E-state index in [1.807, 2.05) is 78.1 Å². The zero-order valence-corrected chi connectivity index (χ0v) is 20.2. The molecule has 0 aromatic heterocycles. The molecule has 2 aromatic rings. The summed E-state index contributed by atoms with van der Waals surface area (Å²) in [5.41, 5.74) is 2.21. The Bertz CT molecular complexity index is 868. The fraction of sp³-hybridized carbons (Fsp3) is 0.400. The lowest BCUT2D eigenvalue weighted by Gasteiger charge is -2.24. The molecule has 3 rings (SSSR count). The van der Waals surface area contributed by atoms with E-state index in [1.54, 1.807) is 7.11 Å². The number of methoxy groups -OCH3 is 1. The molecule has 5 nitrogen and oxygen atoms in total. The number of hydrogen-bond donors (Lipinski definition) is 0. The molecule has 0 saturated heterocycles. The second kappa shape index (κ2) is 13.6. The average molecular weight is 475 g/mol. The van der Waals surface area contributed by atoms with Gasteiger partial charge in [-0.3, -0.25) is 4.79 Å². The number of carbonyl (C=O) groups excluding carboxylic acids is 1. The van der Waals surface area contributed by atoms with Gasteiger partial charge in [0.15, 0.2) is 0 Å². The first-order valence-corrected chi connectivity index (χ1v) is 12.6. The number of ether oxygens (including phenoxy) is 4. The van der Waals surface area contributed by atoms with E-state index in [0.717, 1.165) is 28.4 Å². The minimum Gasteiger partial charge on any atom is -0.497 e. The molecule has 1 aliphatic heterocycles. The fourth-order valence-electron chi connectivity index (χ4n) is 3.23. The van der Waals surface area contributed by atoms with Crippen molar-refractivity contribution in [2.24, 2.45) is 0 Å². The minimum atomic E-state index is -0.311. The molecule has 2 aromatic carbocycles. The van der Waals surface area contributed by atoms with E-state index in [9.17, 15) is 4.79 Å². The van der Waals surface area contributed by atoms with Crippen LogP contribution in [0.5, 0.6) is 5.75 Å². The first-order chi connectivity index (χ1) is 15.6. The number of thioether (sulfide) groups is 2. The summed E-state index contributed by atoms with van der Waals surface area (Å²) >= 11 is 3.65. The van der Waals surface area contributed by atoms with Gasteiger partial charge in [0.05, 0.1) is 33.5 Å². The minimum absolute atomic E-state index is 0.287. The van der Waals surface area contributed by atoms with E-state index >= 15 is 0 Å². The van der Waals surface area contributed by atoms with Gasteiger partial charge < -0.3 is 18.9 Å². The zero-order valence-electron chi connectivity index (χ0n) is 18.6. The third kappa shape index (κ3) is 8.54. The Morgan fingerprint density at radius 2 is 1.53 bits per heavy atom. The summed E-state index contributed by atoms with van der Waals surface area (Å²) in [7, 11) is 1.66. The monoisotopic (exact) mass is 474 g/mol. The Kier molecular flexibility index (Phi) is 10.5. The number of hydrogen-bond acceptors (Lipinski definition) is 7. The lowest BCUT2D eigenvalue weighted by molar-refractivity contribution is -0.149. The molecule has 172 valence electrons. The maximum absolute atomic E-state index is 11.6. The number of esters is 1. The van der Waals surface area contributed by atoms with E-state index in [0.29, 0.717) is 32.8 Å². The molecular weight excluding hydrogens is 444 g/mol. The summed E-state index contributed by atoms with van der Waals surface area (Å²) in [6, 6.07) is 17.9. The van der Waals surface area contributed by atoms with Gasteiger partial charge in [-0.25, -0.2) is 0 Å². The predicted octanol–water partition coefficient (Wildman–Crippen LogP) is 5.44. The molecule has 0 amide bonds. The van der Waals surface area contributed by atoms with Crippen LogP contribution in [0.3, 0.4) is 0 Å². The molecule has 0 radical (unpaired) electrons. The van der Waals surface area contributed by atoms with E-state index in [-0.39, 0.29) is 12.1 Å². The molecule has 0 unspecified atom stereocenters. The highest BCUT2D eigenvalue weighted by atomic mass is 32.2. The second-order valence-corrected chi connectivity index (χ2v) is 9.70. The van der Waals surface area contributed by atoms with Crippen molar-refractivity contribution < 1.29 is 23.7 Å². The van der Waals surface area contributed by atoms with Crippen LogP contribution in [0.4, 0.5) is 0 Å². The van der Waals surface area contributed by atoms with Crippen molar-refractivity contribution in [1.29, 1.82) is 0 Å². The van der Waals surface area contributed by atoms with Crippen molar-refractivity contribution in [2.45, 2.75) is 32.7 Å². The van der Waals surface area contributed by atoms with Crippen LogP contribution in [0, 0.1) is 0 Å². The molecule has 0 fully saturated rings. The Balaban J connectivity index is 1.55. The van der Waals surface area contributed by atoms with Crippen LogP contribution in [0.2, 0.25) is 0 Å². The summed E-state index contributed by atoms with van der Waals surface area (Å²) in [6.07, 6.45) is 0.335. The second-order valence-electron chi connectivity index (χ2n) is 7.32. The van der Waals surface area contributed by atoms with Crippen LogP contribution >= 0.6 is 23.5 Å². The van der Waals surface area contributed by atoms with E-state index in [1.165, 1.54) is 16.7 Å². The van der Waals surface area contributed by atoms with Gasteiger partial charge in [0.25, 0.3) is 0 Å². The summed E-state index contributed by atoms with van der Waals surface area (Å²) in [4.78, 5) is 14.1. The molecular formula is C25H30O5S2. The van der Waals surface area contributed by atoms with E-state index < -0.39 is 0 Å². The molecule has 7 heteroatoms. The Morgan fingerprint density at radius 1 is 0.875 bits per heavy atom. The molecule has 0 N–H and O–H groups in total. The van der Waals surface area contributed by atoms with E-state index in [2.05, 4.69) is 0 Å². The van der Waals surface area contributed by atoms with Gasteiger partial charge >= 0.3 is 5.97 Å². The van der Waals surface area contributed by atoms with E-state index in [4.69, 9.17) is 18.9 Å². The molecule has 32 heavy (non-hydrogen) atoms. The smallest absolute Gasteiger partial charge is 0.302 e. The third-order valence-electron chi connectivity index (χ3n) is 4.77. The van der Waals surface area contributed by atoms with Crippen LogP contribution < -0.4 is 4.74 Å². The quantitative estimate of drug-likeness (QED) is 0.380. The highest BCUT2D eigenvalue weighted by molar-refractivity contribution is 8.10. The van der Waals surface area contributed by atoms with Crippen molar-refractivity contribution in [2.75, 3.05) is 31.8 Å². The zero-order chi connectivity index (χ0) is 22.6. The number of carbonyl (C=O) groups is 1. The van der Waals surface area contributed by atoms with Crippen molar-refractivity contribution in [1.82, 2.24) is 0 Å². The van der Waals surface area contributed by atoms with Gasteiger partial charge in [-0.05, 0) is 23.3 Å². The lowest BCUT2D eigenvalue weighted by atomic mass is 10.2. The maximum Gasteiger partial charge on any atom is 0.302 e. The SMILES string of the molecule is COc1ccc(COCC2=C(C[C@@H](COCc3ccccc3)OC(C)=O)SCCS2)cc1. The standard InChI is InChI=1S/C25H30O5S2/c1-19(26)30-23(17-28-15-20-6-4-3-5-7-20)14-24-25(32-13-12-31-24)18-29-16-21-8-10-22(27-2)11-9-21/h3-11,23H,12-18H2,1-2H3/t23-/m0/s1. The van der Waals surface area contributed by atoms with Gasteiger partial charge in [-0.2, -0.15) is 0 Å². The van der Waals surface area contributed by atoms with Crippen LogP contribution in [0.1, 0.15) is 24.5 Å². The van der Waals surface area contributed by atoms with Crippen LogP contribution in [-0.2, 0) is 32.2 Å². The normalized spacial score (nSPS) is 14.8. The first kappa shape index (κ1) is 24.7. The third-order valence-corrected chi connectivity index (χ3v) is 7.45. The average Bonchev–Trinajstić information content (AvgIpc) is 2.81.